The summed E-state index contributed by atoms with van der Waals surface area (Å²) < 4.78 is 15.0. The molecule has 1 aromatic heterocycles. The van der Waals surface area contributed by atoms with Gasteiger partial charge in [0, 0.05) is 17.5 Å². The largest absolute Gasteiger partial charge is 0.322 e. The summed E-state index contributed by atoms with van der Waals surface area (Å²) in [6.45, 7) is 1.50. The van der Waals surface area contributed by atoms with Crippen molar-refractivity contribution >= 4 is 23.4 Å². The summed E-state index contributed by atoms with van der Waals surface area (Å²) in [5, 5.41) is 2.94. The zero-order valence-corrected chi connectivity index (χ0v) is 15.5. The molecule has 0 saturated heterocycles. The fourth-order valence-electron chi connectivity index (χ4n) is 2.47. The summed E-state index contributed by atoms with van der Waals surface area (Å²) in [7, 11) is 0. The van der Waals surface area contributed by atoms with Gasteiger partial charge in [-0.1, -0.05) is 54.2 Å². The minimum absolute atomic E-state index is 0.0779. The summed E-state index contributed by atoms with van der Waals surface area (Å²) in [4.78, 5) is 29.1. The van der Waals surface area contributed by atoms with E-state index in [1.165, 1.54) is 40.6 Å². The van der Waals surface area contributed by atoms with Crippen LogP contribution in [0.4, 0.5) is 10.1 Å². The van der Waals surface area contributed by atoms with Crippen molar-refractivity contribution in [2.75, 3.05) is 5.32 Å². The van der Waals surface area contributed by atoms with Crippen LogP contribution in [0.1, 0.15) is 11.3 Å². The van der Waals surface area contributed by atoms with E-state index < -0.39 is 11.7 Å². The molecule has 0 unspecified atom stereocenters. The number of nitrogens with one attached hydrogen (secondary N) is 1. The van der Waals surface area contributed by atoms with E-state index in [1.54, 1.807) is 13.0 Å². The molecule has 138 valence electrons. The smallest absolute Gasteiger partial charge is 0.254 e. The lowest BCUT2D eigenvalue weighted by atomic mass is 10.2. The van der Waals surface area contributed by atoms with Crippen molar-refractivity contribution in [3.05, 3.63) is 88.1 Å². The first-order valence-electron chi connectivity index (χ1n) is 8.32. The van der Waals surface area contributed by atoms with Crippen LogP contribution in [-0.2, 0) is 17.1 Å². The van der Waals surface area contributed by atoms with Gasteiger partial charge in [0.25, 0.3) is 5.56 Å². The minimum atomic E-state index is -0.529. The van der Waals surface area contributed by atoms with Crippen molar-refractivity contribution in [1.82, 2.24) is 9.55 Å². The maximum absolute atomic E-state index is 13.7. The van der Waals surface area contributed by atoms with Crippen molar-refractivity contribution in [2.45, 2.75) is 24.4 Å². The molecule has 0 aliphatic heterocycles. The van der Waals surface area contributed by atoms with Crippen LogP contribution in [-0.4, -0.2) is 15.5 Å². The van der Waals surface area contributed by atoms with Crippen molar-refractivity contribution in [2.24, 2.45) is 0 Å². The molecule has 2 aromatic carbocycles. The fourth-order valence-corrected chi connectivity index (χ4v) is 3.48. The maximum atomic E-state index is 13.7. The molecule has 3 rings (SSSR count). The zero-order valence-electron chi connectivity index (χ0n) is 14.7. The predicted molar refractivity (Wildman–Crippen MR) is 104 cm³/mol. The lowest BCUT2D eigenvalue weighted by molar-refractivity contribution is -0.117. The number of aryl methyl sites for hydroxylation is 1. The molecule has 0 spiro atoms. The van der Waals surface area contributed by atoms with Crippen LogP contribution in [0.25, 0.3) is 0 Å². The fraction of sp³-hybridized carbons (Fsp3) is 0.150. The van der Waals surface area contributed by atoms with Gasteiger partial charge in [-0.25, -0.2) is 9.37 Å². The second-order valence-electron chi connectivity index (χ2n) is 5.91. The van der Waals surface area contributed by atoms with Gasteiger partial charge in [0.15, 0.2) is 5.16 Å². The number of benzene rings is 2. The van der Waals surface area contributed by atoms with Crippen LogP contribution in [0.5, 0.6) is 0 Å². The van der Waals surface area contributed by atoms with Crippen LogP contribution in [0, 0.1) is 12.7 Å². The number of rotatable bonds is 6. The SMILES string of the molecule is Cc1cc(=O)n(CC(=O)Nc2ccccc2F)c(SCc2ccccc2)n1. The lowest BCUT2D eigenvalue weighted by Crippen LogP contribution is -2.29. The molecule has 3 aromatic rings. The van der Waals surface area contributed by atoms with E-state index >= 15 is 0 Å². The molecule has 27 heavy (non-hydrogen) atoms. The number of hydrogen-bond acceptors (Lipinski definition) is 4. The monoisotopic (exact) mass is 383 g/mol. The standard InChI is InChI=1S/C20H18FN3O2S/c1-14-11-19(26)24(12-18(25)23-17-10-6-5-9-16(17)21)20(22-14)27-13-15-7-3-2-4-8-15/h2-11H,12-13H2,1H3,(H,23,25). The molecule has 0 bridgehead atoms. The van der Waals surface area contributed by atoms with E-state index in [0.717, 1.165) is 5.56 Å². The molecular weight excluding hydrogens is 365 g/mol. The molecule has 0 aliphatic carbocycles. The van der Waals surface area contributed by atoms with Crippen molar-refractivity contribution in [1.29, 1.82) is 0 Å². The molecular formula is C20H18FN3O2S. The first-order valence-corrected chi connectivity index (χ1v) is 9.31. The number of carbonyl (C=O) groups excluding carboxylic acids is 1. The Bertz CT molecular complexity index is 1010. The number of hydrogen-bond donors (Lipinski definition) is 1. The molecule has 0 radical (unpaired) electrons. The highest BCUT2D eigenvalue weighted by Crippen LogP contribution is 2.20. The molecule has 0 atom stereocenters. The highest BCUT2D eigenvalue weighted by atomic mass is 32.2. The number of thioether (sulfide) groups is 1. The average molecular weight is 383 g/mol. The Kier molecular flexibility index (Phi) is 6.03. The first-order chi connectivity index (χ1) is 13.0. The number of anilines is 1. The zero-order chi connectivity index (χ0) is 19.2. The molecule has 0 fully saturated rings. The van der Waals surface area contributed by atoms with E-state index in [-0.39, 0.29) is 17.8 Å². The summed E-state index contributed by atoms with van der Waals surface area (Å²) >= 11 is 1.38. The van der Waals surface area contributed by atoms with Gasteiger partial charge < -0.3 is 5.32 Å². The molecule has 7 heteroatoms. The highest BCUT2D eigenvalue weighted by molar-refractivity contribution is 7.98. The Morgan fingerprint density at radius 3 is 2.59 bits per heavy atom. The summed E-state index contributed by atoms with van der Waals surface area (Å²) in [5.74, 6) is -0.403. The third-order valence-electron chi connectivity index (χ3n) is 3.76. The van der Waals surface area contributed by atoms with Gasteiger partial charge in [0.05, 0.1) is 5.69 Å². The number of para-hydroxylation sites is 1. The van der Waals surface area contributed by atoms with Gasteiger partial charge in [0.2, 0.25) is 5.91 Å². The molecule has 1 amide bonds. The molecule has 0 aliphatic rings. The lowest BCUT2D eigenvalue weighted by Gasteiger charge is -2.12. The summed E-state index contributed by atoms with van der Waals surface area (Å²) in [5.41, 5.74) is 1.43. The van der Waals surface area contributed by atoms with Gasteiger partial charge in [-0.05, 0) is 24.6 Å². The molecule has 0 saturated carbocycles. The van der Waals surface area contributed by atoms with Crippen LogP contribution >= 0.6 is 11.8 Å². The number of amides is 1. The Balaban J connectivity index is 1.78. The highest BCUT2D eigenvalue weighted by Gasteiger charge is 2.13. The molecule has 5 nitrogen and oxygen atoms in total. The second kappa shape index (κ2) is 8.64. The van der Waals surface area contributed by atoms with Crippen molar-refractivity contribution < 1.29 is 9.18 Å². The average Bonchev–Trinajstić information content (AvgIpc) is 2.65. The van der Waals surface area contributed by atoms with Crippen molar-refractivity contribution in [3.63, 3.8) is 0 Å². The van der Waals surface area contributed by atoms with Crippen LogP contribution in [0.15, 0.2) is 70.6 Å². The van der Waals surface area contributed by atoms with Crippen LogP contribution in [0.2, 0.25) is 0 Å². The Morgan fingerprint density at radius 1 is 1.15 bits per heavy atom. The Morgan fingerprint density at radius 2 is 1.85 bits per heavy atom. The summed E-state index contributed by atoms with van der Waals surface area (Å²) in [6.07, 6.45) is 0. The number of halogens is 1. The quantitative estimate of drug-likeness (QED) is 0.522. The number of aromatic nitrogens is 2. The van der Waals surface area contributed by atoms with Gasteiger partial charge >= 0.3 is 0 Å². The normalized spacial score (nSPS) is 10.6. The molecule has 1 heterocycles. The second-order valence-corrected chi connectivity index (χ2v) is 6.85. The Hall–Kier alpha value is -2.93. The topological polar surface area (TPSA) is 64.0 Å². The van der Waals surface area contributed by atoms with Gasteiger partial charge in [-0.15, -0.1) is 0 Å². The van der Waals surface area contributed by atoms with Crippen molar-refractivity contribution in [3.8, 4) is 0 Å². The maximum Gasteiger partial charge on any atom is 0.254 e. The third-order valence-corrected chi connectivity index (χ3v) is 4.81. The van der Waals surface area contributed by atoms with Gasteiger partial charge in [-0.3, -0.25) is 14.2 Å². The van der Waals surface area contributed by atoms with Gasteiger partial charge in [-0.2, -0.15) is 0 Å². The van der Waals surface area contributed by atoms with Crippen LogP contribution < -0.4 is 10.9 Å². The number of carbonyl (C=O) groups is 1. The third kappa shape index (κ3) is 5.04. The van der Waals surface area contributed by atoms with Gasteiger partial charge in [0.1, 0.15) is 12.4 Å². The van der Waals surface area contributed by atoms with Crippen LogP contribution in [0.3, 0.4) is 0 Å². The minimum Gasteiger partial charge on any atom is -0.322 e. The van der Waals surface area contributed by atoms with E-state index in [4.69, 9.17) is 0 Å². The van der Waals surface area contributed by atoms with E-state index in [9.17, 15) is 14.0 Å². The first kappa shape index (κ1) is 18.8. The predicted octanol–water partition coefficient (Wildman–Crippen LogP) is 3.62. The van der Waals surface area contributed by atoms with E-state index in [0.29, 0.717) is 16.6 Å². The number of nitrogens with zero attached hydrogens (tertiary/aromatic N) is 2. The summed E-state index contributed by atoms with van der Waals surface area (Å²) in [6, 6.07) is 17.0. The Labute approximate surface area is 160 Å². The molecule has 1 N–H and O–H groups in total. The van der Waals surface area contributed by atoms with E-state index in [2.05, 4.69) is 10.3 Å². The van der Waals surface area contributed by atoms with E-state index in [1.807, 2.05) is 30.3 Å².